The van der Waals surface area contributed by atoms with Crippen molar-refractivity contribution >= 4 is 5.97 Å². The first-order chi connectivity index (χ1) is 8.20. The first-order valence-electron chi connectivity index (χ1n) is 5.06. The van der Waals surface area contributed by atoms with Crippen molar-refractivity contribution in [2.45, 2.75) is 20.4 Å². The summed E-state index contributed by atoms with van der Waals surface area (Å²) in [6.07, 6.45) is 0. The quantitative estimate of drug-likeness (QED) is 0.700. The molecule has 0 spiro atoms. The molecule has 8 nitrogen and oxygen atoms in total. The van der Waals surface area contributed by atoms with E-state index in [2.05, 4.69) is 20.7 Å². The van der Waals surface area contributed by atoms with Crippen LogP contribution < -0.4 is 0 Å². The average molecular weight is 237 g/mol. The monoisotopic (exact) mass is 237 g/mol. The van der Waals surface area contributed by atoms with E-state index in [1.165, 1.54) is 4.68 Å². The fourth-order valence-corrected chi connectivity index (χ4v) is 1.29. The Bertz CT molecular complexity index is 518. The summed E-state index contributed by atoms with van der Waals surface area (Å²) in [7, 11) is 0. The van der Waals surface area contributed by atoms with Crippen molar-refractivity contribution in [1.82, 2.24) is 25.4 Å². The van der Waals surface area contributed by atoms with E-state index < -0.39 is 5.97 Å². The summed E-state index contributed by atoms with van der Waals surface area (Å²) in [5, 5.41) is 14.5. The molecule has 8 heteroatoms. The van der Waals surface area contributed by atoms with Crippen LogP contribution >= 0.6 is 0 Å². The highest BCUT2D eigenvalue weighted by Gasteiger charge is 2.17. The smallest absolute Gasteiger partial charge is 0.378 e. The molecular weight excluding hydrogens is 226 g/mol. The predicted molar refractivity (Wildman–Crippen MR) is 54.1 cm³/mol. The predicted octanol–water partition coefficient (Wildman–Crippen LogP) is 0.195. The van der Waals surface area contributed by atoms with E-state index in [0.29, 0.717) is 5.76 Å². The maximum Gasteiger partial charge on any atom is 0.378 e. The summed E-state index contributed by atoms with van der Waals surface area (Å²) in [5.74, 6) is 0.0509. The van der Waals surface area contributed by atoms with Crippen molar-refractivity contribution in [3.63, 3.8) is 0 Å². The van der Waals surface area contributed by atoms with Crippen molar-refractivity contribution in [3.8, 4) is 0 Å². The van der Waals surface area contributed by atoms with Crippen molar-refractivity contribution in [2.75, 3.05) is 6.61 Å². The second-order valence-corrected chi connectivity index (χ2v) is 3.32. The standard InChI is InChI=1S/C9H11N5O3/c1-3-16-9(15)8-10-12-13-14(8)5-7-4-6(2)11-17-7/h4H,3,5H2,1-2H3. The zero-order valence-corrected chi connectivity index (χ0v) is 9.45. The number of rotatable bonds is 4. The number of carbonyl (C=O) groups is 1. The fraction of sp³-hybridized carbons (Fsp3) is 0.444. The summed E-state index contributed by atoms with van der Waals surface area (Å²) in [5.41, 5.74) is 0.755. The molecule has 0 aromatic carbocycles. The molecule has 0 aliphatic carbocycles. The van der Waals surface area contributed by atoms with E-state index in [4.69, 9.17) is 9.26 Å². The van der Waals surface area contributed by atoms with Gasteiger partial charge in [0.05, 0.1) is 12.3 Å². The van der Waals surface area contributed by atoms with Crippen LogP contribution in [-0.4, -0.2) is 37.9 Å². The maximum atomic E-state index is 11.5. The molecule has 0 atom stereocenters. The summed E-state index contributed by atoms with van der Waals surface area (Å²) in [4.78, 5) is 11.5. The van der Waals surface area contributed by atoms with E-state index >= 15 is 0 Å². The molecule has 2 aromatic heterocycles. The second kappa shape index (κ2) is 4.73. The van der Waals surface area contributed by atoms with Crippen LogP contribution in [0, 0.1) is 6.92 Å². The summed E-state index contributed by atoms with van der Waals surface area (Å²) in [6.45, 7) is 4.03. The number of nitrogens with zero attached hydrogens (tertiary/aromatic N) is 5. The number of hydrogen-bond donors (Lipinski definition) is 0. The first kappa shape index (κ1) is 11.2. The lowest BCUT2D eigenvalue weighted by Crippen LogP contribution is -2.15. The lowest BCUT2D eigenvalue weighted by molar-refractivity contribution is 0.0504. The summed E-state index contributed by atoms with van der Waals surface area (Å²) < 4.78 is 11.1. The Balaban J connectivity index is 2.16. The largest absolute Gasteiger partial charge is 0.460 e. The SMILES string of the molecule is CCOC(=O)c1nnnn1Cc1cc(C)no1. The highest BCUT2D eigenvalue weighted by atomic mass is 16.5. The molecule has 0 amide bonds. The molecule has 2 heterocycles. The second-order valence-electron chi connectivity index (χ2n) is 3.32. The van der Waals surface area contributed by atoms with Crippen LogP contribution in [0.3, 0.4) is 0 Å². The number of hydrogen-bond acceptors (Lipinski definition) is 7. The molecule has 0 saturated heterocycles. The topological polar surface area (TPSA) is 95.9 Å². The van der Waals surface area contributed by atoms with Gasteiger partial charge in [0.25, 0.3) is 5.82 Å². The molecule has 0 fully saturated rings. The van der Waals surface area contributed by atoms with Crippen LogP contribution in [0.2, 0.25) is 0 Å². The number of ether oxygens (including phenoxy) is 1. The molecule has 2 rings (SSSR count). The van der Waals surface area contributed by atoms with Gasteiger partial charge in [-0.05, 0) is 24.3 Å². The van der Waals surface area contributed by atoms with Crippen molar-refractivity contribution in [2.24, 2.45) is 0 Å². The van der Waals surface area contributed by atoms with Gasteiger partial charge >= 0.3 is 5.97 Å². The highest BCUT2D eigenvalue weighted by molar-refractivity contribution is 5.85. The van der Waals surface area contributed by atoms with E-state index in [1.807, 2.05) is 0 Å². The number of carbonyl (C=O) groups excluding carboxylic acids is 1. The molecule has 0 bridgehead atoms. The molecular formula is C9H11N5O3. The average Bonchev–Trinajstić information content (AvgIpc) is 2.89. The molecule has 2 aromatic rings. The molecule has 0 aliphatic rings. The molecule has 0 aliphatic heterocycles. The van der Waals surface area contributed by atoms with Crippen LogP contribution in [0.1, 0.15) is 29.0 Å². The van der Waals surface area contributed by atoms with E-state index in [0.717, 1.165) is 5.69 Å². The first-order valence-corrected chi connectivity index (χ1v) is 5.06. The normalized spacial score (nSPS) is 10.5. The van der Waals surface area contributed by atoms with Gasteiger partial charge in [0, 0.05) is 6.07 Å². The zero-order chi connectivity index (χ0) is 12.3. The zero-order valence-electron chi connectivity index (χ0n) is 9.45. The lowest BCUT2D eigenvalue weighted by Gasteiger charge is -2.01. The Hall–Kier alpha value is -2.25. The Kier molecular flexibility index (Phi) is 3.12. The molecule has 0 saturated carbocycles. The van der Waals surface area contributed by atoms with Gasteiger partial charge in [0.2, 0.25) is 0 Å². The summed E-state index contributed by atoms with van der Waals surface area (Å²) >= 11 is 0. The number of aromatic nitrogens is 5. The van der Waals surface area contributed by atoms with Gasteiger partial charge < -0.3 is 9.26 Å². The van der Waals surface area contributed by atoms with Crippen LogP contribution in [0.5, 0.6) is 0 Å². The number of aryl methyl sites for hydroxylation is 1. The Morgan fingerprint density at radius 2 is 2.41 bits per heavy atom. The van der Waals surface area contributed by atoms with Crippen LogP contribution in [0.15, 0.2) is 10.6 Å². The van der Waals surface area contributed by atoms with Crippen molar-refractivity contribution in [3.05, 3.63) is 23.3 Å². The number of esters is 1. The van der Waals surface area contributed by atoms with Gasteiger partial charge in [-0.2, -0.15) is 0 Å². The third-order valence-corrected chi connectivity index (χ3v) is 1.97. The Morgan fingerprint density at radius 1 is 1.59 bits per heavy atom. The van der Waals surface area contributed by atoms with Gasteiger partial charge in [-0.25, -0.2) is 9.48 Å². The van der Waals surface area contributed by atoms with Crippen molar-refractivity contribution < 1.29 is 14.1 Å². The van der Waals surface area contributed by atoms with Gasteiger partial charge in [-0.15, -0.1) is 5.10 Å². The van der Waals surface area contributed by atoms with Gasteiger partial charge in [-0.1, -0.05) is 5.16 Å². The van der Waals surface area contributed by atoms with Crippen molar-refractivity contribution in [1.29, 1.82) is 0 Å². The van der Waals surface area contributed by atoms with E-state index in [-0.39, 0.29) is 19.0 Å². The third-order valence-electron chi connectivity index (χ3n) is 1.97. The molecule has 0 unspecified atom stereocenters. The molecule has 17 heavy (non-hydrogen) atoms. The minimum absolute atomic E-state index is 0.0425. The molecule has 0 radical (unpaired) electrons. The Labute approximate surface area is 96.5 Å². The Morgan fingerprint density at radius 3 is 3.06 bits per heavy atom. The molecule has 0 N–H and O–H groups in total. The van der Waals surface area contributed by atoms with Gasteiger partial charge in [0.15, 0.2) is 5.76 Å². The third kappa shape index (κ3) is 2.47. The van der Waals surface area contributed by atoms with E-state index in [1.54, 1.807) is 19.9 Å². The maximum absolute atomic E-state index is 11.5. The lowest BCUT2D eigenvalue weighted by atomic mass is 10.4. The van der Waals surface area contributed by atoms with Crippen LogP contribution in [-0.2, 0) is 11.3 Å². The molecule has 90 valence electrons. The van der Waals surface area contributed by atoms with E-state index in [9.17, 15) is 4.79 Å². The highest BCUT2D eigenvalue weighted by Crippen LogP contribution is 2.05. The van der Waals surface area contributed by atoms with Crippen LogP contribution in [0.25, 0.3) is 0 Å². The van der Waals surface area contributed by atoms with Crippen LogP contribution in [0.4, 0.5) is 0 Å². The number of tetrazole rings is 1. The van der Waals surface area contributed by atoms with Gasteiger partial charge in [-0.3, -0.25) is 0 Å². The minimum atomic E-state index is -0.561. The fourth-order valence-electron chi connectivity index (χ4n) is 1.29. The van der Waals surface area contributed by atoms with Gasteiger partial charge in [0.1, 0.15) is 6.54 Å². The minimum Gasteiger partial charge on any atom is -0.460 e. The summed E-state index contributed by atoms with van der Waals surface area (Å²) in [6, 6.07) is 1.75.